The summed E-state index contributed by atoms with van der Waals surface area (Å²) >= 11 is 0. The van der Waals surface area contributed by atoms with Gasteiger partial charge in [0.25, 0.3) is 0 Å². The highest BCUT2D eigenvalue weighted by Crippen LogP contribution is 2.48. The van der Waals surface area contributed by atoms with Crippen molar-refractivity contribution in [3.05, 3.63) is 59.2 Å². The molecule has 0 aliphatic carbocycles. The number of tetrazole rings is 1. The van der Waals surface area contributed by atoms with Crippen LogP contribution in [0, 0.1) is 0 Å². The van der Waals surface area contributed by atoms with Crippen LogP contribution in [0.15, 0.2) is 48.0 Å². The standard InChI is InChI=1S/C21H19N5O/c1-2-4-18-16(3-1)20(13-9-14-6-7-15(10-13)22-14)17-8-5-12(11-19(17)27-18)21-23-25-26-24-21/h1-5,8,11,14-15,22H,6-7,9-10H2,(H,23,24,25,26). The normalized spacial score (nSPS) is 23.0. The van der Waals surface area contributed by atoms with E-state index in [9.17, 15) is 0 Å². The van der Waals surface area contributed by atoms with Crippen molar-refractivity contribution in [1.29, 1.82) is 0 Å². The summed E-state index contributed by atoms with van der Waals surface area (Å²) in [5.41, 5.74) is 6.20. The number of nitrogens with one attached hydrogen (secondary N) is 2. The lowest BCUT2D eigenvalue weighted by atomic mass is 9.84. The lowest BCUT2D eigenvalue weighted by molar-refractivity contribution is 0.465. The Kier molecular flexibility index (Phi) is 3.22. The van der Waals surface area contributed by atoms with Gasteiger partial charge in [-0.15, -0.1) is 5.10 Å². The summed E-state index contributed by atoms with van der Waals surface area (Å²) in [6.07, 6.45) is 4.80. The van der Waals surface area contributed by atoms with Crippen molar-refractivity contribution in [3.63, 3.8) is 0 Å². The molecular formula is C21H19N5O. The Morgan fingerprint density at radius 3 is 2.56 bits per heavy atom. The Balaban J connectivity index is 1.54. The fraction of sp³-hybridized carbons (Fsp3) is 0.286. The van der Waals surface area contributed by atoms with Crippen LogP contribution in [0.1, 0.15) is 36.8 Å². The van der Waals surface area contributed by atoms with Crippen LogP contribution >= 0.6 is 0 Å². The summed E-state index contributed by atoms with van der Waals surface area (Å²) in [7, 11) is 0. The maximum atomic E-state index is 6.27. The van der Waals surface area contributed by atoms with Crippen molar-refractivity contribution in [1.82, 2.24) is 25.9 Å². The molecule has 2 fully saturated rings. The quantitative estimate of drug-likeness (QED) is 0.543. The third kappa shape index (κ3) is 2.40. The van der Waals surface area contributed by atoms with Gasteiger partial charge in [-0.3, -0.25) is 0 Å². The Bertz CT molecular complexity index is 1040. The van der Waals surface area contributed by atoms with Crippen LogP contribution in [-0.4, -0.2) is 32.7 Å². The lowest BCUT2D eigenvalue weighted by Crippen LogP contribution is -2.35. The van der Waals surface area contributed by atoms with Crippen LogP contribution in [0.4, 0.5) is 0 Å². The van der Waals surface area contributed by atoms with Gasteiger partial charge in [0, 0.05) is 28.8 Å². The number of ether oxygens (including phenoxy) is 1. The molecule has 3 aliphatic rings. The number of piperidine rings is 1. The molecule has 4 heterocycles. The largest absolute Gasteiger partial charge is 0.456 e. The highest BCUT2D eigenvalue weighted by Gasteiger charge is 2.34. The minimum absolute atomic E-state index is 0.615. The fourth-order valence-electron chi connectivity index (χ4n) is 4.76. The van der Waals surface area contributed by atoms with Crippen molar-refractivity contribution in [2.75, 3.05) is 0 Å². The summed E-state index contributed by atoms with van der Waals surface area (Å²) in [6.45, 7) is 0. The molecule has 2 atom stereocenters. The van der Waals surface area contributed by atoms with Crippen molar-refractivity contribution in [2.45, 2.75) is 37.8 Å². The van der Waals surface area contributed by atoms with Gasteiger partial charge in [0.05, 0.1) is 0 Å². The van der Waals surface area contributed by atoms with Crippen LogP contribution < -0.4 is 10.1 Å². The Labute approximate surface area is 156 Å². The summed E-state index contributed by atoms with van der Waals surface area (Å²) in [5.74, 6) is 2.44. The first-order valence-corrected chi connectivity index (χ1v) is 9.49. The second-order valence-corrected chi connectivity index (χ2v) is 7.58. The topological polar surface area (TPSA) is 75.7 Å². The van der Waals surface area contributed by atoms with E-state index in [0.717, 1.165) is 29.9 Å². The third-order valence-corrected chi connectivity index (χ3v) is 5.92. The van der Waals surface area contributed by atoms with Crippen LogP contribution in [0.3, 0.4) is 0 Å². The first kappa shape index (κ1) is 15.1. The van der Waals surface area contributed by atoms with Gasteiger partial charge in [0.1, 0.15) is 11.5 Å². The lowest BCUT2D eigenvalue weighted by Gasteiger charge is -2.30. The molecule has 2 bridgehead atoms. The Hall–Kier alpha value is -2.99. The Morgan fingerprint density at radius 1 is 0.926 bits per heavy atom. The number of aromatic nitrogens is 4. The molecule has 2 saturated heterocycles. The molecule has 2 N–H and O–H groups in total. The zero-order valence-electron chi connectivity index (χ0n) is 14.8. The first-order valence-electron chi connectivity index (χ1n) is 9.49. The van der Waals surface area contributed by atoms with E-state index in [1.165, 1.54) is 29.5 Å². The van der Waals surface area contributed by atoms with Gasteiger partial charge in [-0.1, -0.05) is 29.8 Å². The number of aromatic amines is 1. The predicted molar refractivity (Wildman–Crippen MR) is 101 cm³/mol. The van der Waals surface area contributed by atoms with E-state index in [1.807, 2.05) is 12.1 Å². The van der Waals surface area contributed by atoms with Gasteiger partial charge in [0.15, 0.2) is 5.82 Å². The molecule has 134 valence electrons. The van der Waals surface area contributed by atoms with Gasteiger partial charge < -0.3 is 10.1 Å². The van der Waals surface area contributed by atoms with E-state index in [4.69, 9.17) is 4.74 Å². The molecule has 2 unspecified atom stereocenters. The second-order valence-electron chi connectivity index (χ2n) is 7.58. The van der Waals surface area contributed by atoms with E-state index in [1.54, 1.807) is 5.57 Å². The molecule has 0 spiro atoms. The number of H-pyrrole nitrogens is 1. The molecule has 3 aromatic rings. The third-order valence-electron chi connectivity index (χ3n) is 5.92. The van der Waals surface area contributed by atoms with E-state index >= 15 is 0 Å². The molecule has 6 heteroatoms. The van der Waals surface area contributed by atoms with Crippen molar-refractivity contribution in [3.8, 4) is 22.9 Å². The summed E-state index contributed by atoms with van der Waals surface area (Å²) in [4.78, 5) is 0. The van der Waals surface area contributed by atoms with Gasteiger partial charge in [-0.25, -0.2) is 5.10 Å². The summed E-state index contributed by atoms with van der Waals surface area (Å²) in [5, 5.41) is 18.0. The van der Waals surface area contributed by atoms with Crippen molar-refractivity contribution in [2.24, 2.45) is 0 Å². The smallest absolute Gasteiger partial charge is 0.179 e. The molecule has 3 aliphatic heterocycles. The first-order chi connectivity index (χ1) is 13.3. The maximum Gasteiger partial charge on any atom is 0.179 e. The molecule has 6 rings (SSSR count). The van der Waals surface area contributed by atoms with Gasteiger partial charge in [-0.2, -0.15) is 0 Å². The number of nitrogens with zero attached hydrogens (tertiary/aromatic N) is 3. The molecule has 0 amide bonds. The molecular weight excluding hydrogens is 338 g/mol. The van der Waals surface area contributed by atoms with E-state index in [2.05, 4.69) is 56.3 Å². The SMILES string of the molecule is c1ccc2c(c1)Oc1cc(-c3nnn[nH]3)ccc1C2=C1CC2CCC(C1)N2. The zero-order valence-corrected chi connectivity index (χ0v) is 14.8. The van der Waals surface area contributed by atoms with Gasteiger partial charge >= 0.3 is 0 Å². The molecule has 6 nitrogen and oxygen atoms in total. The van der Waals surface area contributed by atoms with Gasteiger partial charge in [0.2, 0.25) is 0 Å². The zero-order chi connectivity index (χ0) is 17.8. The van der Waals surface area contributed by atoms with Crippen LogP contribution in [-0.2, 0) is 0 Å². The summed E-state index contributed by atoms with van der Waals surface area (Å²) < 4.78 is 6.27. The average molecular weight is 357 g/mol. The number of hydrogen-bond donors (Lipinski definition) is 2. The minimum atomic E-state index is 0.615. The van der Waals surface area contributed by atoms with Gasteiger partial charge in [-0.05, 0) is 59.9 Å². The fourth-order valence-corrected chi connectivity index (χ4v) is 4.76. The van der Waals surface area contributed by atoms with Crippen molar-refractivity contribution >= 4 is 5.57 Å². The molecule has 1 aromatic heterocycles. The monoisotopic (exact) mass is 357 g/mol. The maximum absolute atomic E-state index is 6.27. The Morgan fingerprint density at radius 2 is 1.74 bits per heavy atom. The predicted octanol–water partition coefficient (Wildman–Crippen LogP) is 3.69. The number of para-hydroxylation sites is 1. The van der Waals surface area contributed by atoms with E-state index < -0.39 is 0 Å². The number of fused-ring (bicyclic) bond motifs is 4. The second kappa shape index (κ2) is 5.76. The molecule has 0 radical (unpaired) electrons. The van der Waals surface area contributed by atoms with E-state index in [0.29, 0.717) is 17.9 Å². The average Bonchev–Trinajstić information content (AvgIpc) is 3.35. The number of hydrogen-bond acceptors (Lipinski definition) is 5. The molecule has 27 heavy (non-hydrogen) atoms. The van der Waals surface area contributed by atoms with E-state index in [-0.39, 0.29) is 0 Å². The molecule has 2 aromatic carbocycles. The van der Waals surface area contributed by atoms with Crippen molar-refractivity contribution < 1.29 is 4.74 Å². The number of benzene rings is 2. The molecule has 0 saturated carbocycles. The highest BCUT2D eigenvalue weighted by atomic mass is 16.5. The highest BCUT2D eigenvalue weighted by molar-refractivity contribution is 5.90. The van der Waals surface area contributed by atoms with Crippen LogP contribution in [0.25, 0.3) is 17.0 Å². The van der Waals surface area contributed by atoms with Crippen LogP contribution in [0.2, 0.25) is 0 Å². The minimum Gasteiger partial charge on any atom is -0.456 e. The van der Waals surface area contributed by atoms with Crippen LogP contribution in [0.5, 0.6) is 11.5 Å². The number of rotatable bonds is 1. The summed E-state index contributed by atoms with van der Waals surface area (Å²) in [6, 6.07) is 15.8.